The largest absolute Gasteiger partial charge is 0.326 e. The molecule has 6 nitrogen and oxygen atoms in total. The zero-order valence-electron chi connectivity index (χ0n) is 16.4. The molecule has 1 aliphatic rings. The summed E-state index contributed by atoms with van der Waals surface area (Å²) in [5.74, 6) is 0.384. The Balaban J connectivity index is 1.56. The van der Waals surface area contributed by atoms with E-state index >= 15 is 0 Å². The maximum Gasteiger partial charge on any atom is 0.262 e. The molecule has 0 bridgehead atoms. The van der Waals surface area contributed by atoms with Crippen molar-refractivity contribution in [1.82, 2.24) is 4.72 Å². The minimum absolute atomic E-state index is 0.117. The van der Waals surface area contributed by atoms with Crippen LogP contribution < -0.4 is 10.0 Å². The van der Waals surface area contributed by atoms with Gasteiger partial charge in [0.25, 0.3) is 10.0 Å². The number of amides is 1. The van der Waals surface area contributed by atoms with E-state index in [1.807, 2.05) is 30.3 Å². The number of hydrogen-bond acceptors (Lipinski definition) is 4. The first-order chi connectivity index (χ1) is 14.0. The fourth-order valence-corrected chi connectivity index (χ4v) is 4.37. The average Bonchev–Trinajstić information content (AvgIpc) is 2.97. The van der Waals surface area contributed by atoms with Crippen LogP contribution in [0, 0.1) is 0 Å². The van der Waals surface area contributed by atoms with Crippen LogP contribution in [0.15, 0.2) is 64.5 Å². The maximum atomic E-state index is 12.7. The molecule has 0 radical (unpaired) electrons. The number of amidine groups is 1. The van der Waals surface area contributed by atoms with E-state index in [4.69, 9.17) is 0 Å². The van der Waals surface area contributed by atoms with Crippen molar-refractivity contribution in [2.45, 2.75) is 49.8 Å². The zero-order chi connectivity index (χ0) is 20.5. The van der Waals surface area contributed by atoms with Gasteiger partial charge >= 0.3 is 0 Å². The number of anilines is 1. The van der Waals surface area contributed by atoms with Crippen molar-refractivity contribution in [3.05, 3.63) is 60.2 Å². The van der Waals surface area contributed by atoms with Crippen LogP contribution in [0.25, 0.3) is 0 Å². The fraction of sp³-hybridized carbons (Fsp3) is 0.364. The van der Waals surface area contributed by atoms with Crippen LogP contribution in [0.1, 0.15) is 44.1 Å². The minimum Gasteiger partial charge on any atom is -0.326 e. The quantitative estimate of drug-likeness (QED) is 0.722. The molecule has 0 atom stereocenters. The second-order valence-electron chi connectivity index (χ2n) is 7.16. The summed E-state index contributed by atoms with van der Waals surface area (Å²) in [7, 11) is -3.72. The number of carbonyl (C=O) groups is 1. The van der Waals surface area contributed by atoms with Crippen molar-refractivity contribution in [2.24, 2.45) is 4.99 Å². The van der Waals surface area contributed by atoms with Gasteiger partial charge in [-0.3, -0.25) is 14.5 Å². The number of aryl methyl sites for hydroxylation is 1. The SMILES string of the molecule is O=C(CCCc1ccccc1)Nc1cccc(S(=O)(=O)NC2=NCCCCC2)c1. The van der Waals surface area contributed by atoms with Crippen LogP contribution in [0.5, 0.6) is 0 Å². The zero-order valence-corrected chi connectivity index (χ0v) is 17.2. The molecule has 0 saturated carbocycles. The summed E-state index contributed by atoms with van der Waals surface area (Å²) in [5.41, 5.74) is 1.67. The number of rotatable bonds is 7. The van der Waals surface area contributed by atoms with Crippen LogP contribution in [-0.4, -0.2) is 26.7 Å². The molecule has 154 valence electrons. The number of carbonyl (C=O) groups excluding carboxylic acids is 1. The van der Waals surface area contributed by atoms with E-state index in [0.29, 0.717) is 30.9 Å². The molecule has 0 aromatic heterocycles. The van der Waals surface area contributed by atoms with Gasteiger partial charge in [0, 0.05) is 25.1 Å². The molecule has 0 fully saturated rings. The second kappa shape index (κ2) is 10.2. The lowest BCUT2D eigenvalue weighted by Gasteiger charge is -2.11. The van der Waals surface area contributed by atoms with Gasteiger partial charge in [-0.05, 0) is 49.4 Å². The summed E-state index contributed by atoms with van der Waals surface area (Å²) in [6.45, 7) is 0.650. The molecule has 2 aromatic carbocycles. The Morgan fingerprint density at radius 2 is 1.83 bits per heavy atom. The molecule has 7 heteroatoms. The molecular weight excluding hydrogens is 386 g/mol. The average molecular weight is 414 g/mol. The van der Waals surface area contributed by atoms with E-state index in [1.165, 1.54) is 17.7 Å². The van der Waals surface area contributed by atoms with Gasteiger partial charge in [-0.15, -0.1) is 0 Å². The molecule has 1 amide bonds. The van der Waals surface area contributed by atoms with Gasteiger partial charge in [-0.25, -0.2) is 8.42 Å². The summed E-state index contributed by atoms with van der Waals surface area (Å²) >= 11 is 0. The van der Waals surface area contributed by atoms with Gasteiger partial charge < -0.3 is 5.32 Å². The Morgan fingerprint density at radius 1 is 1.00 bits per heavy atom. The monoisotopic (exact) mass is 413 g/mol. The molecule has 2 N–H and O–H groups in total. The molecule has 1 aliphatic heterocycles. The third kappa shape index (κ3) is 6.71. The highest BCUT2D eigenvalue weighted by Gasteiger charge is 2.18. The molecule has 0 saturated heterocycles. The van der Waals surface area contributed by atoms with Gasteiger partial charge in [-0.2, -0.15) is 0 Å². The van der Waals surface area contributed by atoms with Crippen LogP contribution in [0.4, 0.5) is 5.69 Å². The summed E-state index contributed by atoms with van der Waals surface area (Å²) in [6, 6.07) is 16.3. The normalized spacial score (nSPS) is 14.6. The van der Waals surface area contributed by atoms with E-state index in [-0.39, 0.29) is 10.8 Å². The number of benzene rings is 2. The lowest BCUT2D eigenvalue weighted by atomic mass is 10.1. The van der Waals surface area contributed by atoms with E-state index in [1.54, 1.807) is 12.1 Å². The number of aliphatic imine (C=N–C) groups is 1. The third-order valence-electron chi connectivity index (χ3n) is 4.77. The van der Waals surface area contributed by atoms with Crippen molar-refractivity contribution in [1.29, 1.82) is 0 Å². The number of sulfonamides is 1. The molecule has 3 rings (SSSR count). The summed E-state index contributed by atoms with van der Waals surface area (Å²) in [4.78, 5) is 16.7. The molecule has 29 heavy (non-hydrogen) atoms. The highest BCUT2D eigenvalue weighted by Crippen LogP contribution is 2.17. The van der Waals surface area contributed by atoms with Crippen LogP contribution in [-0.2, 0) is 21.2 Å². The van der Waals surface area contributed by atoms with Gasteiger partial charge in [0.1, 0.15) is 5.84 Å². The topological polar surface area (TPSA) is 87.6 Å². The van der Waals surface area contributed by atoms with E-state index in [2.05, 4.69) is 15.0 Å². The van der Waals surface area contributed by atoms with Crippen molar-refractivity contribution in [2.75, 3.05) is 11.9 Å². The molecule has 1 heterocycles. The standard InChI is InChI=1S/C22H27N3O3S/c26-22(15-7-11-18-9-3-1-4-10-18)24-19-12-8-13-20(17-19)29(27,28)25-21-14-5-2-6-16-23-21/h1,3-4,8-10,12-13,17H,2,5-7,11,14-16H2,(H,23,25)(H,24,26). The Kier molecular flexibility index (Phi) is 7.41. The Bertz CT molecular complexity index is 956. The fourth-order valence-electron chi connectivity index (χ4n) is 3.23. The van der Waals surface area contributed by atoms with Crippen molar-refractivity contribution in [3.63, 3.8) is 0 Å². The van der Waals surface area contributed by atoms with E-state index in [0.717, 1.165) is 32.1 Å². The number of hydrogen-bond donors (Lipinski definition) is 2. The first-order valence-corrected chi connectivity index (χ1v) is 11.5. The van der Waals surface area contributed by atoms with Gasteiger partial charge in [0.05, 0.1) is 4.90 Å². The maximum absolute atomic E-state index is 12.7. The molecule has 0 aliphatic carbocycles. The third-order valence-corrected chi connectivity index (χ3v) is 6.15. The van der Waals surface area contributed by atoms with Crippen LogP contribution >= 0.6 is 0 Å². The Hall–Kier alpha value is -2.67. The first-order valence-electron chi connectivity index (χ1n) is 10.0. The minimum atomic E-state index is -3.72. The van der Waals surface area contributed by atoms with Crippen LogP contribution in [0.3, 0.4) is 0 Å². The first kappa shape index (κ1) is 21.0. The number of nitrogens with zero attached hydrogens (tertiary/aromatic N) is 1. The van der Waals surface area contributed by atoms with E-state index < -0.39 is 10.0 Å². The summed E-state index contributed by atoms with van der Waals surface area (Å²) < 4.78 is 27.9. The Labute approximate surface area is 172 Å². The second-order valence-corrected chi connectivity index (χ2v) is 8.84. The number of nitrogens with one attached hydrogen (secondary N) is 2. The molecular formula is C22H27N3O3S. The predicted molar refractivity (Wildman–Crippen MR) is 116 cm³/mol. The van der Waals surface area contributed by atoms with Crippen LogP contribution in [0.2, 0.25) is 0 Å². The van der Waals surface area contributed by atoms with Gasteiger partial charge in [0.2, 0.25) is 5.91 Å². The van der Waals surface area contributed by atoms with E-state index in [9.17, 15) is 13.2 Å². The highest BCUT2D eigenvalue weighted by molar-refractivity contribution is 7.90. The van der Waals surface area contributed by atoms with Crippen molar-refractivity contribution >= 4 is 27.5 Å². The van der Waals surface area contributed by atoms with Crippen molar-refractivity contribution in [3.8, 4) is 0 Å². The smallest absolute Gasteiger partial charge is 0.262 e. The van der Waals surface area contributed by atoms with Crippen molar-refractivity contribution < 1.29 is 13.2 Å². The molecule has 0 spiro atoms. The molecule has 0 unspecified atom stereocenters. The highest BCUT2D eigenvalue weighted by atomic mass is 32.2. The van der Waals surface area contributed by atoms with Gasteiger partial charge in [-0.1, -0.05) is 42.8 Å². The lowest BCUT2D eigenvalue weighted by molar-refractivity contribution is -0.116. The predicted octanol–water partition coefficient (Wildman–Crippen LogP) is 3.90. The Morgan fingerprint density at radius 3 is 2.66 bits per heavy atom. The summed E-state index contributed by atoms with van der Waals surface area (Å²) in [5, 5.41) is 2.79. The molecule has 2 aromatic rings. The lowest BCUT2D eigenvalue weighted by Crippen LogP contribution is -2.30. The van der Waals surface area contributed by atoms with Gasteiger partial charge in [0.15, 0.2) is 0 Å². The summed E-state index contributed by atoms with van der Waals surface area (Å²) in [6.07, 6.45) is 5.54.